The van der Waals surface area contributed by atoms with E-state index in [0.29, 0.717) is 31.2 Å². The minimum Gasteiger partial charge on any atom is -0.478 e. The molecule has 6 N–H and O–H groups in total. The number of likely N-dealkylation sites (tertiary alicyclic amines) is 1. The summed E-state index contributed by atoms with van der Waals surface area (Å²) < 4.78 is 64.3. The molecule has 1 heterocycles. The summed E-state index contributed by atoms with van der Waals surface area (Å²) in [4.78, 5) is 108. The highest BCUT2D eigenvalue weighted by Crippen LogP contribution is 2.32. The van der Waals surface area contributed by atoms with Crippen LogP contribution < -0.4 is 21.7 Å². The summed E-state index contributed by atoms with van der Waals surface area (Å²) in [5, 5.41) is 16.8. The van der Waals surface area contributed by atoms with Gasteiger partial charge in [-0.25, -0.2) is 22.4 Å². The molecule has 5 atom stereocenters. The predicted molar refractivity (Wildman–Crippen MR) is 212 cm³/mol. The van der Waals surface area contributed by atoms with E-state index in [4.69, 9.17) is 10.5 Å². The third kappa shape index (κ3) is 11.7. The highest BCUT2D eigenvalue weighted by molar-refractivity contribution is 6.38. The van der Waals surface area contributed by atoms with Gasteiger partial charge >= 0.3 is 5.97 Å². The second-order valence-electron chi connectivity index (χ2n) is 16.4. The van der Waals surface area contributed by atoms with Crippen LogP contribution in [0.2, 0.25) is 0 Å². The van der Waals surface area contributed by atoms with Crippen LogP contribution in [0.15, 0.2) is 30.3 Å². The smallest absolute Gasteiger partial charge is 0.339 e. The molecule has 2 aliphatic rings. The van der Waals surface area contributed by atoms with Gasteiger partial charge in [0, 0.05) is 20.0 Å². The Morgan fingerprint density at radius 3 is 2.03 bits per heavy atom. The molecule has 1 aliphatic carbocycles. The van der Waals surface area contributed by atoms with E-state index in [1.54, 1.807) is 58.0 Å². The molecule has 16 nitrogen and oxygen atoms in total. The third-order valence-electron chi connectivity index (χ3n) is 10.6. The number of carboxylic acids is 1. The minimum atomic E-state index is -2.46. The molecular formula is C42H52F4N6O10. The number of benzene rings is 2. The van der Waals surface area contributed by atoms with E-state index in [9.17, 15) is 56.6 Å². The molecule has 0 radical (unpaired) electrons. The molecule has 1 aliphatic heterocycles. The minimum absolute atomic E-state index is 0.0558. The number of rotatable bonds is 17. The molecule has 0 spiro atoms. The van der Waals surface area contributed by atoms with E-state index in [1.807, 2.05) is 0 Å². The van der Waals surface area contributed by atoms with Crippen molar-refractivity contribution in [1.29, 1.82) is 0 Å². The number of carbonyl (C=O) groups is 8. The Labute approximate surface area is 355 Å². The molecule has 1 saturated carbocycles. The van der Waals surface area contributed by atoms with Gasteiger partial charge in [-0.1, -0.05) is 62.9 Å². The Kier molecular flexibility index (Phi) is 16.3. The average Bonchev–Trinajstić information content (AvgIpc) is 3.64. The Morgan fingerprint density at radius 2 is 1.48 bits per heavy atom. The number of ketones is 1. The van der Waals surface area contributed by atoms with Gasteiger partial charge in [0.1, 0.15) is 23.7 Å². The fourth-order valence-electron chi connectivity index (χ4n) is 7.78. The lowest BCUT2D eigenvalue weighted by atomic mass is 9.83. The van der Waals surface area contributed by atoms with Crippen molar-refractivity contribution in [3.8, 4) is 0 Å². The quantitative estimate of drug-likeness (QED) is 0.0675. The van der Waals surface area contributed by atoms with Crippen LogP contribution >= 0.6 is 0 Å². The molecule has 2 aromatic carbocycles. The number of hydrogen-bond acceptors (Lipinski definition) is 9. The summed E-state index contributed by atoms with van der Waals surface area (Å²) in [6.45, 7) is 5.92. The first-order valence-electron chi connectivity index (χ1n) is 20.2. The van der Waals surface area contributed by atoms with E-state index >= 15 is 4.39 Å². The SMILES string of the molecule is CCCC(NC(=O)[C@@H]1C[C@@H](OC(C)(C)C)CN1C(=O)[C@@H](NC(=O)c1c(F)c(F)c(F)c(F)c1C(=O)O)C1CCCCC1)C(=O)C(=O)N(C)CC(=O)N[C@H](C(N)=O)c1ccccc1. The summed E-state index contributed by atoms with van der Waals surface area (Å²) in [6, 6.07) is 2.36. The maximum atomic E-state index is 15.1. The number of nitrogens with one attached hydrogen (secondary N) is 3. The molecule has 1 saturated heterocycles. The lowest BCUT2D eigenvalue weighted by Gasteiger charge is -2.35. The highest BCUT2D eigenvalue weighted by Gasteiger charge is 2.47. The third-order valence-corrected chi connectivity index (χ3v) is 10.6. The van der Waals surface area contributed by atoms with Gasteiger partial charge < -0.3 is 41.3 Å². The highest BCUT2D eigenvalue weighted by atomic mass is 19.2. The Balaban J connectivity index is 1.61. The van der Waals surface area contributed by atoms with Crippen LogP contribution in [0.25, 0.3) is 0 Å². The second-order valence-corrected chi connectivity index (χ2v) is 16.4. The summed E-state index contributed by atoms with van der Waals surface area (Å²) in [5.41, 5.74) is 1.59. The van der Waals surface area contributed by atoms with E-state index in [-0.39, 0.29) is 25.8 Å². The number of likely N-dealkylation sites (N-methyl/N-ethyl adjacent to an activating group) is 1. The van der Waals surface area contributed by atoms with Gasteiger partial charge in [-0.05, 0) is 51.5 Å². The van der Waals surface area contributed by atoms with Crippen molar-refractivity contribution in [3.63, 3.8) is 0 Å². The van der Waals surface area contributed by atoms with Crippen molar-refractivity contribution in [1.82, 2.24) is 25.8 Å². The van der Waals surface area contributed by atoms with Gasteiger partial charge in [-0.3, -0.25) is 33.6 Å². The summed E-state index contributed by atoms with van der Waals surface area (Å²) >= 11 is 0. The van der Waals surface area contributed by atoms with Crippen LogP contribution in [-0.4, -0.2) is 112 Å². The summed E-state index contributed by atoms with van der Waals surface area (Å²) in [6.07, 6.45) is 1.81. The molecule has 2 aromatic rings. The first-order chi connectivity index (χ1) is 29.1. The van der Waals surface area contributed by atoms with Gasteiger partial charge in [0.05, 0.1) is 29.9 Å². The zero-order valence-corrected chi connectivity index (χ0v) is 35.0. The fraction of sp³-hybridized carbons (Fsp3) is 0.524. The summed E-state index contributed by atoms with van der Waals surface area (Å²) in [5.74, 6) is -20.0. The Hall–Kier alpha value is -5.92. The van der Waals surface area contributed by atoms with Crippen molar-refractivity contribution >= 4 is 47.2 Å². The molecule has 1 unspecified atom stereocenters. The van der Waals surface area contributed by atoms with Crippen molar-refractivity contribution in [3.05, 3.63) is 70.3 Å². The van der Waals surface area contributed by atoms with Crippen LogP contribution in [0.3, 0.4) is 0 Å². The maximum absolute atomic E-state index is 15.1. The lowest BCUT2D eigenvalue weighted by molar-refractivity contribution is -0.147. The number of Topliss-reactive ketones (excluding diaryl/α,β-unsaturated/α-hetero) is 1. The van der Waals surface area contributed by atoms with Crippen molar-refractivity contribution < 1.29 is 65.8 Å². The molecule has 338 valence electrons. The first-order valence-corrected chi connectivity index (χ1v) is 20.2. The Bertz CT molecular complexity index is 2060. The molecular weight excluding hydrogens is 824 g/mol. The van der Waals surface area contributed by atoms with Crippen molar-refractivity contribution in [2.75, 3.05) is 20.1 Å². The van der Waals surface area contributed by atoms with E-state index in [0.717, 1.165) is 23.3 Å². The molecule has 62 heavy (non-hydrogen) atoms. The van der Waals surface area contributed by atoms with Crippen molar-refractivity contribution in [2.24, 2.45) is 11.7 Å². The van der Waals surface area contributed by atoms with Gasteiger partial charge in [0.15, 0.2) is 23.3 Å². The topological polar surface area (TPSA) is 235 Å². The number of ether oxygens (including phenoxy) is 1. The van der Waals surface area contributed by atoms with Crippen molar-refractivity contribution in [2.45, 2.75) is 115 Å². The molecule has 0 bridgehead atoms. The largest absolute Gasteiger partial charge is 0.478 e. The number of hydrogen-bond donors (Lipinski definition) is 5. The second kappa shape index (κ2) is 20.8. The predicted octanol–water partition coefficient (Wildman–Crippen LogP) is 3.06. The number of carboxylic acid groups (broad SMARTS) is 1. The standard InChI is InChI=1S/C42H52F4N6O10/c1-6-13-24(35(54)40(59)51(5)20-26(53)49-33(36(47)55)21-14-9-7-10-15-21)48-37(56)25-18-23(62-42(2,3)4)19-52(25)39(58)34(22-16-11-8-12-17-22)50-38(57)27-28(41(60)61)30(44)32(46)31(45)29(27)43/h7,9-10,14-15,22-25,33-34H,6,8,11-13,16-20H2,1-5H3,(H2,47,55)(H,48,56)(H,49,53)(H,50,57)(H,60,61)/t23-,24?,25+,33+,34+/m1/s1. The van der Waals surface area contributed by atoms with Crippen LogP contribution in [0.1, 0.15) is 111 Å². The number of amides is 6. The Morgan fingerprint density at radius 1 is 0.887 bits per heavy atom. The van der Waals surface area contributed by atoms with Gasteiger partial charge in [-0.2, -0.15) is 0 Å². The van der Waals surface area contributed by atoms with Gasteiger partial charge in [0.25, 0.3) is 11.8 Å². The average molecular weight is 877 g/mol. The van der Waals surface area contributed by atoms with E-state index in [2.05, 4.69) is 16.0 Å². The lowest BCUT2D eigenvalue weighted by Crippen LogP contribution is -2.58. The van der Waals surface area contributed by atoms with Gasteiger partial charge in [0.2, 0.25) is 29.4 Å². The molecule has 6 amide bonds. The molecule has 20 heteroatoms. The zero-order chi connectivity index (χ0) is 46.2. The molecule has 0 aromatic heterocycles. The molecule has 4 rings (SSSR count). The summed E-state index contributed by atoms with van der Waals surface area (Å²) in [7, 11) is 1.16. The van der Waals surface area contributed by atoms with Crippen LogP contribution in [-0.2, 0) is 33.5 Å². The van der Waals surface area contributed by atoms with Crippen LogP contribution in [0.4, 0.5) is 17.6 Å². The molecule has 2 fully saturated rings. The number of nitrogens with two attached hydrogens (primary N) is 1. The number of aromatic carboxylic acids is 1. The van der Waals surface area contributed by atoms with Crippen LogP contribution in [0, 0.1) is 29.2 Å². The first kappa shape index (κ1) is 48.7. The fourth-order valence-corrected chi connectivity index (χ4v) is 7.78. The number of nitrogens with zero attached hydrogens (tertiary/aromatic N) is 2. The number of carbonyl (C=O) groups excluding carboxylic acids is 7. The number of primary amides is 1. The van der Waals surface area contributed by atoms with Gasteiger partial charge in [-0.15, -0.1) is 0 Å². The zero-order valence-electron chi connectivity index (χ0n) is 35.0. The van der Waals surface area contributed by atoms with Crippen LogP contribution in [0.5, 0.6) is 0 Å². The van der Waals surface area contributed by atoms with E-state index < -0.39 is 130 Å². The normalized spacial score (nSPS) is 18.2. The maximum Gasteiger partial charge on any atom is 0.339 e. The van der Waals surface area contributed by atoms with E-state index in [1.165, 1.54) is 0 Å². The number of halogens is 4. The monoisotopic (exact) mass is 876 g/mol.